The van der Waals surface area contributed by atoms with Gasteiger partial charge in [-0.15, -0.1) is 34.2 Å². The lowest BCUT2D eigenvalue weighted by atomic mass is 10.1. The van der Waals surface area contributed by atoms with Crippen molar-refractivity contribution in [3.05, 3.63) is 47.5 Å². The molecule has 0 spiro atoms. The van der Waals surface area contributed by atoms with E-state index >= 15 is 0 Å². The molecule has 2 rings (SSSR count). The number of carbonyl (C=O) groups is 1. The Morgan fingerprint density at radius 2 is 1.81 bits per heavy atom. The van der Waals surface area contributed by atoms with Crippen LogP contribution < -0.4 is 16.0 Å². The van der Waals surface area contributed by atoms with Gasteiger partial charge in [0.25, 0.3) is 5.91 Å². The van der Waals surface area contributed by atoms with Gasteiger partial charge in [-0.3, -0.25) is 9.79 Å². The number of rotatable bonds is 9. The normalized spacial score (nSPS) is 11.6. The summed E-state index contributed by atoms with van der Waals surface area (Å²) >= 11 is 0. The van der Waals surface area contributed by atoms with Crippen LogP contribution in [0.25, 0.3) is 0 Å². The van der Waals surface area contributed by atoms with E-state index in [1.165, 1.54) is 0 Å². The molecular weight excluding hydrogens is 526 g/mol. The Morgan fingerprint density at radius 1 is 1.10 bits per heavy atom. The second kappa shape index (κ2) is 13.1. The summed E-state index contributed by atoms with van der Waals surface area (Å²) in [6.07, 6.45) is -1.94. The lowest BCUT2D eigenvalue weighted by Crippen LogP contribution is -2.39. The highest BCUT2D eigenvalue weighted by atomic mass is 127. The molecule has 0 aliphatic carbocycles. The fourth-order valence-corrected chi connectivity index (χ4v) is 2.63. The summed E-state index contributed by atoms with van der Waals surface area (Å²) in [6.45, 7) is 6.50. The first-order chi connectivity index (χ1) is 14.3. The molecule has 31 heavy (non-hydrogen) atoms. The topological polar surface area (TPSA) is 96.2 Å². The Morgan fingerprint density at radius 3 is 2.42 bits per heavy atom. The van der Waals surface area contributed by atoms with E-state index in [0.717, 1.165) is 36.5 Å². The number of guanidine groups is 1. The van der Waals surface area contributed by atoms with Gasteiger partial charge in [-0.1, -0.05) is 6.92 Å². The summed E-state index contributed by atoms with van der Waals surface area (Å²) in [5.41, 5.74) is -0.625. The molecule has 0 saturated carbocycles. The summed E-state index contributed by atoms with van der Waals surface area (Å²) in [5.74, 6) is 1.06. The summed E-state index contributed by atoms with van der Waals surface area (Å²) in [6, 6.07) is 4.09. The molecule has 2 aromatic rings. The van der Waals surface area contributed by atoms with Crippen LogP contribution in [0.3, 0.4) is 0 Å². The van der Waals surface area contributed by atoms with E-state index in [4.69, 9.17) is 0 Å². The summed E-state index contributed by atoms with van der Waals surface area (Å²) in [4.78, 5) is 16.4. The van der Waals surface area contributed by atoms with Crippen LogP contribution in [0.5, 0.6) is 0 Å². The lowest BCUT2D eigenvalue weighted by molar-refractivity contribution is -0.137. The second-order valence-electron chi connectivity index (χ2n) is 6.31. The van der Waals surface area contributed by atoms with Gasteiger partial charge in [0.15, 0.2) is 5.96 Å². The number of nitrogens with zero attached hydrogens (tertiary/aromatic N) is 4. The highest BCUT2D eigenvalue weighted by Gasteiger charge is 2.30. The number of alkyl halides is 3. The number of aromatic nitrogens is 3. The third-order valence-electron chi connectivity index (χ3n) is 4.14. The van der Waals surface area contributed by atoms with Gasteiger partial charge >= 0.3 is 6.18 Å². The Hall–Kier alpha value is -2.38. The number of carbonyl (C=O) groups excluding carboxylic acids is 1. The number of hydrogen-bond donors (Lipinski definition) is 3. The molecule has 172 valence electrons. The van der Waals surface area contributed by atoms with Crippen LogP contribution in [0.2, 0.25) is 0 Å². The van der Waals surface area contributed by atoms with Crippen LogP contribution in [-0.4, -0.2) is 52.8 Å². The van der Waals surface area contributed by atoms with Gasteiger partial charge in [-0.05, 0) is 31.2 Å². The van der Waals surface area contributed by atoms with E-state index in [1.54, 1.807) is 6.33 Å². The van der Waals surface area contributed by atoms with Crippen molar-refractivity contribution < 1.29 is 18.0 Å². The van der Waals surface area contributed by atoms with Crippen LogP contribution >= 0.6 is 24.0 Å². The molecule has 1 amide bonds. The first-order valence-electron chi connectivity index (χ1n) is 9.69. The van der Waals surface area contributed by atoms with Crippen LogP contribution in [0, 0.1) is 0 Å². The van der Waals surface area contributed by atoms with E-state index in [9.17, 15) is 18.0 Å². The van der Waals surface area contributed by atoms with Gasteiger partial charge in [0.05, 0.1) is 12.1 Å². The molecule has 0 saturated heterocycles. The SMILES string of the molecule is CCNC(=NCCNC(=O)c1ccc(C(F)(F)F)cc1)NCCn1cnnc1CC.I. The van der Waals surface area contributed by atoms with Gasteiger partial charge < -0.3 is 20.5 Å². The molecule has 0 fully saturated rings. The molecule has 0 bridgehead atoms. The number of amides is 1. The molecular formula is C19H27F3IN7O. The second-order valence-corrected chi connectivity index (χ2v) is 6.31. The van der Waals surface area contributed by atoms with Crippen LogP contribution in [0.1, 0.15) is 35.6 Å². The quantitative estimate of drug-likeness (QED) is 0.192. The van der Waals surface area contributed by atoms with E-state index in [1.807, 2.05) is 18.4 Å². The van der Waals surface area contributed by atoms with E-state index < -0.39 is 17.6 Å². The highest BCUT2D eigenvalue weighted by molar-refractivity contribution is 14.0. The number of hydrogen-bond acceptors (Lipinski definition) is 4. The Kier molecular flexibility index (Phi) is 11.3. The van der Waals surface area contributed by atoms with E-state index in [-0.39, 0.29) is 36.1 Å². The van der Waals surface area contributed by atoms with E-state index in [0.29, 0.717) is 32.1 Å². The summed E-state index contributed by atoms with van der Waals surface area (Å²) in [5, 5.41) is 16.9. The predicted molar refractivity (Wildman–Crippen MR) is 123 cm³/mol. The van der Waals surface area contributed by atoms with Gasteiger partial charge in [-0.25, -0.2) is 0 Å². The number of benzene rings is 1. The third kappa shape index (κ3) is 8.71. The van der Waals surface area contributed by atoms with Gasteiger partial charge in [0, 0.05) is 38.2 Å². The smallest absolute Gasteiger partial charge is 0.357 e. The minimum Gasteiger partial charge on any atom is -0.357 e. The van der Waals surface area contributed by atoms with Crippen molar-refractivity contribution >= 4 is 35.8 Å². The van der Waals surface area contributed by atoms with Crippen LogP contribution in [0.15, 0.2) is 35.6 Å². The number of halogens is 4. The molecule has 0 aliphatic rings. The molecule has 0 radical (unpaired) electrons. The molecule has 3 N–H and O–H groups in total. The molecule has 12 heteroatoms. The molecule has 0 atom stereocenters. The molecule has 0 aliphatic heterocycles. The minimum absolute atomic E-state index is 0. The summed E-state index contributed by atoms with van der Waals surface area (Å²) in [7, 11) is 0. The number of aliphatic imine (C=N–C) groups is 1. The largest absolute Gasteiger partial charge is 0.416 e. The standard InChI is InChI=1S/C19H26F3N7O.HI/c1-3-16-28-27-13-29(16)12-11-26-18(23-4-2)25-10-9-24-17(30)14-5-7-15(8-6-14)19(20,21)22;/h5-8,13H,3-4,9-12H2,1-2H3,(H,24,30)(H2,23,25,26);1H. The van der Waals surface area contributed by atoms with Crippen molar-refractivity contribution in [3.63, 3.8) is 0 Å². The van der Waals surface area contributed by atoms with Crippen molar-refractivity contribution in [3.8, 4) is 0 Å². The maximum absolute atomic E-state index is 12.6. The van der Waals surface area contributed by atoms with Crippen molar-refractivity contribution in [2.24, 2.45) is 4.99 Å². The molecule has 1 aromatic carbocycles. The predicted octanol–water partition coefficient (Wildman–Crippen LogP) is 2.46. The number of nitrogens with one attached hydrogen (secondary N) is 3. The van der Waals surface area contributed by atoms with Crippen LogP contribution in [0.4, 0.5) is 13.2 Å². The summed E-state index contributed by atoms with van der Waals surface area (Å²) < 4.78 is 39.7. The zero-order valence-corrected chi connectivity index (χ0v) is 19.7. The zero-order chi connectivity index (χ0) is 22.0. The Balaban J connectivity index is 0.00000480. The average Bonchev–Trinajstić information content (AvgIpc) is 3.18. The highest BCUT2D eigenvalue weighted by Crippen LogP contribution is 2.29. The maximum atomic E-state index is 12.6. The average molecular weight is 553 g/mol. The molecule has 8 nitrogen and oxygen atoms in total. The van der Waals surface area contributed by atoms with Crippen molar-refractivity contribution in [2.75, 3.05) is 26.2 Å². The minimum atomic E-state index is -4.42. The maximum Gasteiger partial charge on any atom is 0.416 e. The van der Waals surface area contributed by atoms with Gasteiger partial charge in [0.1, 0.15) is 12.2 Å². The molecule has 0 unspecified atom stereocenters. The first kappa shape index (κ1) is 26.7. The first-order valence-corrected chi connectivity index (χ1v) is 9.69. The van der Waals surface area contributed by atoms with E-state index in [2.05, 4.69) is 31.1 Å². The van der Waals surface area contributed by atoms with Gasteiger partial charge in [-0.2, -0.15) is 13.2 Å². The van der Waals surface area contributed by atoms with Crippen molar-refractivity contribution in [1.29, 1.82) is 0 Å². The third-order valence-corrected chi connectivity index (χ3v) is 4.14. The fourth-order valence-electron chi connectivity index (χ4n) is 2.63. The Bertz CT molecular complexity index is 838. The monoisotopic (exact) mass is 553 g/mol. The Labute approximate surface area is 196 Å². The molecule has 1 aromatic heterocycles. The lowest BCUT2D eigenvalue weighted by Gasteiger charge is -2.12. The number of aryl methyl sites for hydroxylation is 1. The fraction of sp³-hybridized carbons (Fsp3) is 0.474. The van der Waals surface area contributed by atoms with Gasteiger partial charge in [0.2, 0.25) is 0 Å². The van der Waals surface area contributed by atoms with Crippen molar-refractivity contribution in [1.82, 2.24) is 30.7 Å². The zero-order valence-electron chi connectivity index (χ0n) is 17.4. The van der Waals surface area contributed by atoms with Crippen LogP contribution in [-0.2, 0) is 19.1 Å². The molecule has 1 heterocycles. The van der Waals surface area contributed by atoms with Crippen molar-refractivity contribution in [2.45, 2.75) is 33.0 Å².